The van der Waals surface area contributed by atoms with Gasteiger partial charge in [0.05, 0.1) is 18.2 Å². The normalized spacial score (nSPS) is 17.2. The molecule has 0 saturated carbocycles. The summed E-state index contributed by atoms with van der Waals surface area (Å²) < 4.78 is 5.11. The van der Waals surface area contributed by atoms with E-state index in [1.165, 1.54) is 0 Å². The zero-order chi connectivity index (χ0) is 16.1. The average Bonchev–Trinajstić information content (AvgIpc) is 2.47. The van der Waals surface area contributed by atoms with Crippen molar-refractivity contribution in [3.63, 3.8) is 0 Å². The summed E-state index contributed by atoms with van der Waals surface area (Å²) in [6.07, 6.45) is 0. The van der Waals surface area contributed by atoms with Crippen LogP contribution in [0.2, 0.25) is 0 Å². The third-order valence-corrected chi connectivity index (χ3v) is 3.35. The number of thiocarbonyl (C=S) groups is 1. The van der Waals surface area contributed by atoms with Gasteiger partial charge in [-0.1, -0.05) is 23.3 Å². The van der Waals surface area contributed by atoms with Gasteiger partial charge in [-0.25, -0.2) is 4.79 Å². The van der Waals surface area contributed by atoms with E-state index in [0.717, 1.165) is 5.56 Å². The number of allylic oxidation sites excluding steroid dienone is 1. The molecule has 2 N–H and O–H groups in total. The van der Waals surface area contributed by atoms with Crippen molar-refractivity contribution in [1.82, 2.24) is 10.6 Å². The number of carbonyl (C=O) groups excluding carboxylic acids is 1. The maximum absolute atomic E-state index is 12.2. The number of nitrogens with zero attached hydrogens (tertiary/aromatic N) is 3. The minimum Gasteiger partial charge on any atom is -0.463 e. The number of hydrogen-bond acceptors (Lipinski definition) is 4. The molecule has 1 heterocycles. The minimum absolute atomic E-state index is 0.283. The number of ether oxygens (including phenoxy) is 1. The lowest BCUT2D eigenvalue weighted by molar-refractivity contribution is -0.139. The van der Waals surface area contributed by atoms with Gasteiger partial charge in [0.25, 0.3) is 0 Å². The second-order valence-corrected chi connectivity index (χ2v) is 4.98. The molecule has 7 nitrogen and oxygen atoms in total. The van der Waals surface area contributed by atoms with Gasteiger partial charge < -0.3 is 15.4 Å². The molecule has 114 valence electrons. The predicted molar refractivity (Wildman–Crippen MR) is 86.2 cm³/mol. The van der Waals surface area contributed by atoms with Gasteiger partial charge in [-0.15, -0.1) is 0 Å². The molecule has 0 radical (unpaired) electrons. The van der Waals surface area contributed by atoms with E-state index in [9.17, 15) is 4.79 Å². The summed E-state index contributed by atoms with van der Waals surface area (Å²) >= 11 is 5.16. The lowest BCUT2D eigenvalue weighted by Gasteiger charge is -2.29. The maximum Gasteiger partial charge on any atom is 0.338 e. The van der Waals surface area contributed by atoms with Crippen LogP contribution in [0.15, 0.2) is 40.6 Å². The average molecular weight is 317 g/mol. The van der Waals surface area contributed by atoms with Crippen molar-refractivity contribution in [2.24, 2.45) is 5.11 Å². The topological polar surface area (TPSA) is 99.1 Å². The van der Waals surface area contributed by atoms with Crippen LogP contribution in [-0.2, 0) is 9.53 Å². The minimum atomic E-state index is -0.457. The molecule has 1 aromatic carbocycles. The van der Waals surface area contributed by atoms with Crippen molar-refractivity contribution in [2.75, 3.05) is 6.61 Å². The van der Waals surface area contributed by atoms with Gasteiger partial charge in [-0.2, -0.15) is 0 Å². The Morgan fingerprint density at radius 3 is 3.00 bits per heavy atom. The molecule has 0 aromatic heterocycles. The number of azide groups is 1. The van der Waals surface area contributed by atoms with Gasteiger partial charge in [-0.05, 0) is 43.2 Å². The van der Waals surface area contributed by atoms with Crippen LogP contribution in [0.3, 0.4) is 0 Å². The van der Waals surface area contributed by atoms with Crippen molar-refractivity contribution in [3.05, 3.63) is 51.5 Å². The van der Waals surface area contributed by atoms with Crippen LogP contribution in [0, 0.1) is 0 Å². The van der Waals surface area contributed by atoms with Gasteiger partial charge in [0.2, 0.25) is 0 Å². The van der Waals surface area contributed by atoms with E-state index in [-0.39, 0.29) is 6.61 Å². The Balaban J connectivity index is 2.47. The number of esters is 1. The fourth-order valence-corrected chi connectivity index (χ4v) is 2.51. The van der Waals surface area contributed by atoms with E-state index in [1.54, 1.807) is 32.0 Å². The molecule has 8 heteroatoms. The molecule has 0 bridgehead atoms. The lowest BCUT2D eigenvalue weighted by Crippen LogP contribution is -2.45. The van der Waals surface area contributed by atoms with Crippen molar-refractivity contribution in [2.45, 2.75) is 19.9 Å². The Bertz CT molecular complexity index is 694. The van der Waals surface area contributed by atoms with Crippen LogP contribution in [0.5, 0.6) is 0 Å². The van der Waals surface area contributed by atoms with Gasteiger partial charge >= 0.3 is 5.97 Å². The molecule has 22 heavy (non-hydrogen) atoms. The molecule has 1 unspecified atom stereocenters. The van der Waals surface area contributed by atoms with Crippen LogP contribution in [0.4, 0.5) is 5.69 Å². The fourth-order valence-electron chi connectivity index (χ4n) is 2.24. The quantitative estimate of drug-likeness (QED) is 0.292. The van der Waals surface area contributed by atoms with E-state index in [1.807, 2.05) is 6.07 Å². The van der Waals surface area contributed by atoms with Crippen LogP contribution in [0.1, 0.15) is 25.5 Å². The zero-order valence-corrected chi connectivity index (χ0v) is 13.0. The van der Waals surface area contributed by atoms with E-state index < -0.39 is 12.0 Å². The van der Waals surface area contributed by atoms with Gasteiger partial charge in [0.15, 0.2) is 5.11 Å². The monoisotopic (exact) mass is 317 g/mol. The second-order valence-electron chi connectivity index (χ2n) is 4.58. The highest BCUT2D eigenvalue weighted by atomic mass is 32.1. The summed E-state index contributed by atoms with van der Waals surface area (Å²) in [7, 11) is 0. The Morgan fingerprint density at radius 2 is 2.32 bits per heavy atom. The van der Waals surface area contributed by atoms with Crippen LogP contribution >= 0.6 is 12.2 Å². The Kier molecular flexibility index (Phi) is 4.98. The third kappa shape index (κ3) is 3.36. The molecule has 0 spiro atoms. The van der Waals surface area contributed by atoms with E-state index in [0.29, 0.717) is 22.1 Å². The molecular weight excluding hydrogens is 302 g/mol. The second kappa shape index (κ2) is 6.93. The largest absolute Gasteiger partial charge is 0.463 e. The molecule has 1 aliphatic heterocycles. The summed E-state index contributed by atoms with van der Waals surface area (Å²) in [6, 6.07) is 6.52. The highest BCUT2D eigenvalue weighted by Crippen LogP contribution is 2.29. The smallest absolute Gasteiger partial charge is 0.338 e. The Morgan fingerprint density at radius 1 is 1.55 bits per heavy atom. The van der Waals surface area contributed by atoms with Gasteiger partial charge in [0.1, 0.15) is 0 Å². The molecule has 2 rings (SSSR count). The molecular formula is C14H15N5O2S. The fraction of sp³-hybridized carbons (Fsp3) is 0.286. The SMILES string of the molecule is CCOC(=O)C1=C(C)NC(=S)NC1c1cccc(N=[N+]=[N-])c1. The first-order valence-corrected chi connectivity index (χ1v) is 7.08. The van der Waals surface area contributed by atoms with Gasteiger partial charge in [0, 0.05) is 16.3 Å². The Labute approximate surface area is 133 Å². The van der Waals surface area contributed by atoms with Crippen LogP contribution < -0.4 is 10.6 Å². The molecule has 1 aromatic rings. The molecule has 0 amide bonds. The standard InChI is InChI=1S/C14H15N5O2S/c1-3-21-13(20)11-8(2)16-14(22)17-12(11)9-5-4-6-10(7-9)18-19-15/h4-7,12H,3H2,1-2H3,(H2,16,17,22). The summed E-state index contributed by atoms with van der Waals surface area (Å²) in [5, 5.41) is 9.97. The summed E-state index contributed by atoms with van der Waals surface area (Å²) in [4.78, 5) is 15.0. The van der Waals surface area contributed by atoms with Crippen LogP contribution in [0.25, 0.3) is 10.4 Å². The maximum atomic E-state index is 12.2. The van der Waals surface area contributed by atoms with Crippen molar-refractivity contribution in [1.29, 1.82) is 0 Å². The van der Waals surface area contributed by atoms with E-state index in [2.05, 4.69) is 20.7 Å². The molecule has 0 fully saturated rings. The first-order valence-electron chi connectivity index (χ1n) is 6.67. The molecule has 1 atom stereocenters. The van der Waals surface area contributed by atoms with Gasteiger partial charge in [-0.3, -0.25) is 0 Å². The molecule has 0 saturated heterocycles. The Hall–Kier alpha value is -2.57. The molecule has 1 aliphatic rings. The highest BCUT2D eigenvalue weighted by Gasteiger charge is 2.30. The van der Waals surface area contributed by atoms with Crippen molar-refractivity contribution < 1.29 is 9.53 Å². The van der Waals surface area contributed by atoms with Crippen molar-refractivity contribution >= 4 is 29.0 Å². The van der Waals surface area contributed by atoms with Crippen molar-refractivity contribution in [3.8, 4) is 0 Å². The number of hydrogen-bond donors (Lipinski definition) is 2. The summed E-state index contributed by atoms with van der Waals surface area (Å²) in [5.41, 5.74) is 10.9. The number of benzene rings is 1. The predicted octanol–water partition coefficient (Wildman–Crippen LogP) is 2.98. The molecule has 0 aliphatic carbocycles. The summed E-state index contributed by atoms with van der Waals surface area (Å²) in [6.45, 7) is 3.80. The number of rotatable bonds is 4. The van der Waals surface area contributed by atoms with E-state index in [4.69, 9.17) is 22.5 Å². The third-order valence-electron chi connectivity index (χ3n) is 3.13. The lowest BCUT2D eigenvalue weighted by atomic mass is 9.95. The van der Waals surface area contributed by atoms with E-state index >= 15 is 0 Å². The van der Waals surface area contributed by atoms with Crippen LogP contribution in [-0.4, -0.2) is 17.7 Å². The number of carbonyl (C=O) groups is 1. The number of nitrogens with one attached hydrogen (secondary N) is 2. The first kappa shape index (κ1) is 15.8. The first-order chi connectivity index (χ1) is 10.6. The highest BCUT2D eigenvalue weighted by molar-refractivity contribution is 7.80. The summed E-state index contributed by atoms with van der Waals surface area (Å²) in [5.74, 6) is -0.415. The zero-order valence-electron chi connectivity index (χ0n) is 12.2.